The van der Waals surface area contributed by atoms with E-state index in [0.29, 0.717) is 12.8 Å². The fourth-order valence-electron chi connectivity index (χ4n) is 2.75. The van der Waals surface area contributed by atoms with Gasteiger partial charge in [0.2, 0.25) is 5.91 Å². The predicted octanol–water partition coefficient (Wildman–Crippen LogP) is 2.27. The van der Waals surface area contributed by atoms with Crippen molar-refractivity contribution in [1.29, 1.82) is 0 Å². The van der Waals surface area contributed by atoms with Gasteiger partial charge >= 0.3 is 5.97 Å². The Bertz CT molecular complexity index is 467. The molecule has 0 aromatic carbocycles. The number of carbonyl (C=O) groups is 2. The monoisotopic (exact) mass is 265 g/mol. The van der Waals surface area contributed by atoms with Crippen LogP contribution in [0.2, 0.25) is 0 Å². The third kappa shape index (κ3) is 1.92. The summed E-state index contributed by atoms with van der Waals surface area (Å²) in [6, 6.07) is 3.88. The van der Waals surface area contributed by atoms with Crippen molar-refractivity contribution in [2.75, 3.05) is 0 Å². The van der Waals surface area contributed by atoms with E-state index in [1.54, 1.807) is 11.3 Å². The van der Waals surface area contributed by atoms with Gasteiger partial charge in [0.05, 0.1) is 12.0 Å². The molecule has 5 heteroatoms. The normalized spacial score (nSPS) is 28.4. The van der Waals surface area contributed by atoms with Gasteiger partial charge in [-0.25, -0.2) is 0 Å². The Hall–Kier alpha value is -1.36. The van der Waals surface area contributed by atoms with Crippen LogP contribution in [-0.4, -0.2) is 27.9 Å². The quantitative estimate of drug-likeness (QED) is 0.912. The lowest BCUT2D eigenvalue weighted by atomic mass is 9.87. The third-order valence-electron chi connectivity index (χ3n) is 3.73. The highest BCUT2D eigenvalue weighted by molar-refractivity contribution is 7.10. The summed E-state index contributed by atoms with van der Waals surface area (Å²) in [5, 5.41) is 11.3. The minimum atomic E-state index is -0.786. The summed E-state index contributed by atoms with van der Waals surface area (Å²) in [6.45, 7) is 0. The highest BCUT2D eigenvalue weighted by Crippen LogP contribution is 2.44. The molecule has 18 heavy (non-hydrogen) atoms. The van der Waals surface area contributed by atoms with Crippen LogP contribution in [0.5, 0.6) is 0 Å². The van der Waals surface area contributed by atoms with Gasteiger partial charge in [0.15, 0.2) is 0 Å². The van der Waals surface area contributed by atoms with E-state index in [-0.39, 0.29) is 18.0 Å². The number of piperidine rings is 1. The van der Waals surface area contributed by atoms with E-state index >= 15 is 0 Å². The molecule has 1 aromatic heterocycles. The number of aliphatic carboxylic acids is 1. The summed E-state index contributed by atoms with van der Waals surface area (Å²) >= 11 is 1.54. The molecule has 1 aromatic rings. The molecule has 1 saturated carbocycles. The number of thiophene rings is 1. The molecule has 1 aliphatic heterocycles. The van der Waals surface area contributed by atoms with Gasteiger partial charge in [-0.05, 0) is 30.7 Å². The molecule has 96 valence electrons. The zero-order chi connectivity index (χ0) is 12.7. The molecule has 0 spiro atoms. The topological polar surface area (TPSA) is 57.6 Å². The zero-order valence-corrected chi connectivity index (χ0v) is 10.7. The van der Waals surface area contributed by atoms with Crippen LogP contribution in [-0.2, 0) is 9.59 Å². The highest BCUT2D eigenvalue weighted by Gasteiger charge is 2.46. The highest BCUT2D eigenvalue weighted by atomic mass is 32.1. The Morgan fingerprint density at radius 2 is 2.17 bits per heavy atom. The van der Waals surface area contributed by atoms with Crippen LogP contribution in [0.15, 0.2) is 17.5 Å². The summed E-state index contributed by atoms with van der Waals surface area (Å²) in [4.78, 5) is 26.4. The molecule has 1 saturated heterocycles. The van der Waals surface area contributed by atoms with Gasteiger partial charge < -0.3 is 10.0 Å². The molecule has 1 amide bonds. The number of likely N-dealkylation sites (tertiary alicyclic amines) is 1. The Kier molecular flexibility index (Phi) is 2.86. The molecule has 2 aliphatic rings. The van der Waals surface area contributed by atoms with Crippen molar-refractivity contribution >= 4 is 23.2 Å². The second kappa shape index (κ2) is 4.39. The van der Waals surface area contributed by atoms with Crippen LogP contribution in [0, 0.1) is 5.92 Å². The van der Waals surface area contributed by atoms with Crippen LogP contribution >= 0.6 is 11.3 Å². The maximum Gasteiger partial charge on any atom is 0.308 e. The van der Waals surface area contributed by atoms with E-state index in [1.807, 2.05) is 22.4 Å². The zero-order valence-electron chi connectivity index (χ0n) is 9.91. The fourth-order valence-corrected chi connectivity index (χ4v) is 3.64. The van der Waals surface area contributed by atoms with Crippen LogP contribution in [0.25, 0.3) is 0 Å². The maximum atomic E-state index is 12.1. The Balaban J connectivity index is 1.98. The van der Waals surface area contributed by atoms with Crippen molar-refractivity contribution in [2.24, 2.45) is 5.92 Å². The van der Waals surface area contributed by atoms with E-state index in [1.165, 1.54) is 0 Å². The molecule has 0 bridgehead atoms. The number of carboxylic acids is 1. The van der Waals surface area contributed by atoms with Gasteiger partial charge in [-0.3, -0.25) is 9.59 Å². The number of nitrogens with zero attached hydrogens (tertiary/aromatic N) is 1. The molecule has 2 atom stereocenters. The minimum absolute atomic E-state index is 0.119. The molecule has 1 aliphatic carbocycles. The van der Waals surface area contributed by atoms with E-state index < -0.39 is 11.9 Å². The van der Waals surface area contributed by atoms with Crippen LogP contribution < -0.4 is 0 Å². The predicted molar refractivity (Wildman–Crippen MR) is 67.3 cm³/mol. The number of rotatable bonds is 3. The van der Waals surface area contributed by atoms with Crippen LogP contribution in [0.4, 0.5) is 0 Å². The minimum Gasteiger partial charge on any atom is -0.481 e. The number of hydrogen-bond donors (Lipinski definition) is 1. The number of amides is 1. The summed E-state index contributed by atoms with van der Waals surface area (Å²) < 4.78 is 0. The first kappa shape index (κ1) is 11.7. The van der Waals surface area contributed by atoms with Gasteiger partial charge in [0, 0.05) is 17.3 Å². The van der Waals surface area contributed by atoms with Crippen molar-refractivity contribution in [1.82, 2.24) is 4.90 Å². The largest absolute Gasteiger partial charge is 0.481 e. The lowest BCUT2D eigenvalue weighted by molar-refractivity contribution is -0.152. The van der Waals surface area contributed by atoms with Gasteiger partial charge in [-0.15, -0.1) is 11.3 Å². The Labute approximate surface area is 109 Å². The van der Waals surface area contributed by atoms with Crippen molar-refractivity contribution in [3.05, 3.63) is 22.4 Å². The summed E-state index contributed by atoms with van der Waals surface area (Å²) in [5.74, 6) is -1.12. The van der Waals surface area contributed by atoms with Gasteiger partial charge in [-0.2, -0.15) is 0 Å². The average Bonchev–Trinajstić information content (AvgIpc) is 3.03. The summed E-state index contributed by atoms with van der Waals surface area (Å²) in [7, 11) is 0. The number of carboxylic acid groups (broad SMARTS) is 1. The van der Waals surface area contributed by atoms with Crippen molar-refractivity contribution in [3.63, 3.8) is 0 Å². The molecular weight excluding hydrogens is 250 g/mol. The van der Waals surface area contributed by atoms with Gasteiger partial charge in [0.25, 0.3) is 0 Å². The molecular formula is C13H15NO3S. The number of carbonyl (C=O) groups excluding carboxylic acids is 1. The Morgan fingerprint density at radius 1 is 1.39 bits per heavy atom. The summed E-state index contributed by atoms with van der Waals surface area (Å²) in [6.07, 6.45) is 2.86. The van der Waals surface area contributed by atoms with E-state index in [9.17, 15) is 14.7 Å². The smallest absolute Gasteiger partial charge is 0.308 e. The molecule has 2 heterocycles. The van der Waals surface area contributed by atoms with E-state index in [4.69, 9.17) is 0 Å². The standard InChI is InChI=1S/C13H15NO3S/c15-11-6-5-9(13(16)17)12(10-2-1-7-18-10)14(11)8-3-4-8/h1-2,7-9,12H,3-6H2,(H,16,17). The van der Waals surface area contributed by atoms with Crippen molar-refractivity contribution in [3.8, 4) is 0 Å². The Morgan fingerprint density at radius 3 is 2.72 bits per heavy atom. The maximum absolute atomic E-state index is 12.1. The first-order valence-corrected chi connectivity index (χ1v) is 7.14. The van der Waals surface area contributed by atoms with Crippen molar-refractivity contribution in [2.45, 2.75) is 37.8 Å². The molecule has 3 rings (SSSR count). The van der Waals surface area contributed by atoms with Gasteiger partial charge in [0.1, 0.15) is 0 Å². The molecule has 1 N–H and O–H groups in total. The molecule has 2 fully saturated rings. The molecule has 4 nitrogen and oxygen atoms in total. The average molecular weight is 265 g/mol. The second-order valence-electron chi connectivity index (χ2n) is 4.98. The first-order valence-electron chi connectivity index (χ1n) is 6.26. The number of hydrogen-bond acceptors (Lipinski definition) is 3. The lowest BCUT2D eigenvalue weighted by Crippen LogP contribution is -2.46. The first-order chi connectivity index (χ1) is 8.68. The molecule has 0 radical (unpaired) electrons. The van der Waals surface area contributed by atoms with E-state index in [2.05, 4.69) is 0 Å². The lowest BCUT2D eigenvalue weighted by Gasteiger charge is -2.39. The summed E-state index contributed by atoms with van der Waals surface area (Å²) in [5.41, 5.74) is 0. The van der Waals surface area contributed by atoms with Crippen LogP contribution in [0.3, 0.4) is 0 Å². The molecule has 2 unspecified atom stereocenters. The van der Waals surface area contributed by atoms with E-state index in [0.717, 1.165) is 17.7 Å². The SMILES string of the molecule is O=C(O)C1CCC(=O)N(C2CC2)C1c1cccs1. The van der Waals surface area contributed by atoms with Gasteiger partial charge in [-0.1, -0.05) is 6.07 Å². The van der Waals surface area contributed by atoms with Crippen LogP contribution in [0.1, 0.15) is 36.6 Å². The third-order valence-corrected chi connectivity index (χ3v) is 4.67. The fraction of sp³-hybridized carbons (Fsp3) is 0.538. The van der Waals surface area contributed by atoms with Crippen molar-refractivity contribution < 1.29 is 14.7 Å². The second-order valence-corrected chi connectivity index (χ2v) is 5.96.